The number of hydrogen-bond acceptors (Lipinski definition) is 6. The van der Waals surface area contributed by atoms with E-state index in [0.717, 1.165) is 65.1 Å². The molecule has 204 valence electrons. The summed E-state index contributed by atoms with van der Waals surface area (Å²) in [4.78, 5) is 30.1. The molecule has 9 heteroatoms. The number of pyridine rings is 3. The summed E-state index contributed by atoms with van der Waals surface area (Å²) in [6, 6.07) is 14.5. The van der Waals surface area contributed by atoms with Crippen molar-refractivity contribution in [2.75, 3.05) is 7.11 Å². The van der Waals surface area contributed by atoms with Gasteiger partial charge in [0.15, 0.2) is 5.88 Å². The second-order valence-corrected chi connectivity index (χ2v) is 11.0. The van der Waals surface area contributed by atoms with E-state index in [1.54, 1.807) is 13.3 Å². The fourth-order valence-electron chi connectivity index (χ4n) is 6.69. The molecule has 3 atom stereocenters. The number of carbonyl (C=O) groups excluding carboxylic acids is 1. The molecule has 7 rings (SSSR count). The smallest absolute Gasteiger partial charge is 0.254 e. The van der Waals surface area contributed by atoms with E-state index in [-0.39, 0.29) is 24.0 Å². The van der Waals surface area contributed by atoms with Crippen molar-refractivity contribution < 1.29 is 9.53 Å². The third-order valence-electron chi connectivity index (χ3n) is 8.66. The molecule has 7 heterocycles. The summed E-state index contributed by atoms with van der Waals surface area (Å²) in [6.07, 6.45) is 7.38. The number of fused-ring (bicyclic) bond motifs is 4. The lowest BCUT2D eigenvalue weighted by Gasteiger charge is -2.23. The topological polar surface area (TPSA) is 104 Å². The number of nitrogens with two attached hydrogens (primary N) is 1. The molecule has 0 saturated carbocycles. The van der Waals surface area contributed by atoms with Crippen LogP contribution in [-0.2, 0) is 13.0 Å². The molecule has 0 spiro atoms. The Morgan fingerprint density at radius 2 is 2.02 bits per heavy atom. The molecule has 2 bridgehead atoms. The van der Waals surface area contributed by atoms with Crippen molar-refractivity contribution in [3.63, 3.8) is 0 Å². The molecular formula is C31H33N7O2. The Bertz CT molecular complexity index is 1760. The monoisotopic (exact) mass is 535 g/mol. The van der Waals surface area contributed by atoms with Crippen LogP contribution in [0.4, 0.5) is 0 Å². The van der Waals surface area contributed by atoms with Crippen molar-refractivity contribution >= 4 is 22.6 Å². The number of rotatable bonds is 6. The van der Waals surface area contributed by atoms with Crippen LogP contribution in [0.2, 0.25) is 0 Å². The Labute approximate surface area is 232 Å². The molecule has 0 unspecified atom stereocenters. The minimum absolute atomic E-state index is 0.00504. The summed E-state index contributed by atoms with van der Waals surface area (Å²) >= 11 is 0. The van der Waals surface area contributed by atoms with Crippen LogP contribution in [0.15, 0.2) is 54.9 Å². The highest BCUT2D eigenvalue weighted by Crippen LogP contribution is 2.39. The van der Waals surface area contributed by atoms with E-state index in [0.29, 0.717) is 23.6 Å². The Morgan fingerprint density at radius 1 is 1.15 bits per heavy atom. The Balaban J connectivity index is 1.38. The van der Waals surface area contributed by atoms with Crippen LogP contribution in [-0.4, -0.2) is 60.0 Å². The summed E-state index contributed by atoms with van der Waals surface area (Å²) < 4.78 is 10.0. The average Bonchev–Trinajstić information content (AvgIpc) is 3.72. The van der Waals surface area contributed by atoms with Gasteiger partial charge in [0.05, 0.1) is 25.0 Å². The van der Waals surface area contributed by atoms with Gasteiger partial charge in [-0.3, -0.25) is 14.2 Å². The number of hydrogen-bond donors (Lipinski definition) is 1. The molecule has 0 aromatic carbocycles. The fraction of sp³-hybridized carbons (Fsp3) is 0.355. The maximum absolute atomic E-state index is 13.7. The molecule has 2 aliphatic heterocycles. The zero-order valence-corrected chi connectivity index (χ0v) is 23.0. The van der Waals surface area contributed by atoms with Gasteiger partial charge in [-0.1, -0.05) is 13.0 Å². The van der Waals surface area contributed by atoms with Crippen LogP contribution >= 0.6 is 0 Å². The lowest BCUT2D eigenvalue weighted by molar-refractivity contribution is 0.0726. The van der Waals surface area contributed by atoms with Gasteiger partial charge in [-0.2, -0.15) is 0 Å². The van der Waals surface area contributed by atoms with Gasteiger partial charge >= 0.3 is 0 Å². The van der Waals surface area contributed by atoms with E-state index in [2.05, 4.69) is 40.7 Å². The number of aromatic nitrogens is 5. The molecule has 2 fully saturated rings. The number of imidazole rings is 1. The Kier molecular flexibility index (Phi) is 5.85. The highest BCUT2D eigenvalue weighted by atomic mass is 16.5. The van der Waals surface area contributed by atoms with Crippen LogP contribution in [0.3, 0.4) is 0 Å². The number of methoxy groups -OCH3 is 1. The number of ether oxygens (including phenoxy) is 1. The first-order valence-corrected chi connectivity index (χ1v) is 14.0. The molecule has 5 aromatic rings. The number of carbonyl (C=O) groups is 1. The first-order valence-electron chi connectivity index (χ1n) is 14.0. The highest BCUT2D eigenvalue weighted by Gasteiger charge is 2.47. The van der Waals surface area contributed by atoms with Gasteiger partial charge in [0.25, 0.3) is 5.91 Å². The number of aryl methyl sites for hydroxylation is 2. The van der Waals surface area contributed by atoms with Gasteiger partial charge in [-0.05, 0) is 68.5 Å². The van der Waals surface area contributed by atoms with E-state index in [9.17, 15) is 4.79 Å². The predicted octanol–water partition coefficient (Wildman–Crippen LogP) is 4.38. The Hall–Kier alpha value is -4.24. The highest BCUT2D eigenvalue weighted by molar-refractivity contribution is 5.96. The molecule has 40 heavy (non-hydrogen) atoms. The molecule has 1 amide bonds. The Morgan fingerprint density at radius 3 is 2.73 bits per heavy atom. The van der Waals surface area contributed by atoms with E-state index in [1.165, 1.54) is 0 Å². The largest absolute Gasteiger partial charge is 0.482 e. The molecule has 2 aliphatic rings. The lowest BCUT2D eigenvalue weighted by atomic mass is 9.97. The summed E-state index contributed by atoms with van der Waals surface area (Å²) in [7, 11) is 1.63. The van der Waals surface area contributed by atoms with Crippen LogP contribution in [0.1, 0.15) is 53.5 Å². The van der Waals surface area contributed by atoms with Gasteiger partial charge in [0.1, 0.15) is 17.0 Å². The normalized spacial score (nSPS) is 20.2. The average molecular weight is 536 g/mol. The standard InChI is InChI=1S/C31H33N7O2/c1-4-22-8-7-20-12-26(36(30(20)34-22)17-19-6-5-11-33-16-19)29-18(2)37-27(35-29)13-21(14-28(37)40-3)31(39)38-23-9-10-25(38)24(32)15-23/h5-8,11-14,16,23-25H,4,9-10,15,17,32H2,1-3H3/t23-,24+,25+/m0/s1. The van der Waals surface area contributed by atoms with E-state index in [4.69, 9.17) is 20.4 Å². The van der Waals surface area contributed by atoms with Crippen molar-refractivity contribution in [1.29, 1.82) is 0 Å². The fourth-order valence-corrected chi connectivity index (χ4v) is 6.69. The third kappa shape index (κ3) is 3.79. The second kappa shape index (κ2) is 9.45. The van der Waals surface area contributed by atoms with E-state index >= 15 is 0 Å². The molecule has 0 radical (unpaired) electrons. The van der Waals surface area contributed by atoms with Crippen LogP contribution < -0.4 is 10.5 Å². The predicted molar refractivity (Wildman–Crippen MR) is 153 cm³/mol. The molecule has 2 N–H and O–H groups in total. The minimum Gasteiger partial charge on any atom is -0.482 e. The van der Waals surface area contributed by atoms with Crippen molar-refractivity contribution in [2.24, 2.45) is 5.73 Å². The van der Waals surface area contributed by atoms with Crippen LogP contribution in [0.25, 0.3) is 28.1 Å². The molecule has 9 nitrogen and oxygen atoms in total. The zero-order chi connectivity index (χ0) is 27.5. The van der Waals surface area contributed by atoms with Crippen LogP contribution in [0, 0.1) is 6.92 Å². The minimum atomic E-state index is 0.00504. The molecular weight excluding hydrogens is 502 g/mol. The molecule has 0 aliphatic carbocycles. The summed E-state index contributed by atoms with van der Waals surface area (Å²) in [5.41, 5.74) is 13.3. The van der Waals surface area contributed by atoms with Crippen molar-refractivity contribution in [3.8, 4) is 17.3 Å². The van der Waals surface area contributed by atoms with Gasteiger partial charge in [0, 0.05) is 53.2 Å². The summed E-state index contributed by atoms with van der Waals surface area (Å²) in [5, 5.41) is 1.05. The zero-order valence-electron chi connectivity index (χ0n) is 23.0. The molecule has 5 aromatic heterocycles. The van der Waals surface area contributed by atoms with Gasteiger partial charge in [-0.25, -0.2) is 9.97 Å². The van der Waals surface area contributed by atoms with Crippen molar-refractivity contribution in [2.45, 2.75) is 64.2 Å². The summed E-state index contributed by atoms with van der Waals surface area (Å²) in [5.74, 6) is 0.583. The van der Waals surface area contributed by atoms with Crippen molar-refractivity contribution in [1.82, 2.24) is 28.8 Å². The van der Waals surface area contributed by atoms with Crippen LogP contribution in [0.5, 0.6) is 5.88 Å². The first-order chi connectivity index (χ1) is 19.5. The second-order valence-electron chi connectivity index (χ2n) is 11.0. The third-order valence-corrected chi connectivity index (χ3v) is 8.66. The van der Waals surface area contributed by atoms with Crippen molar-refractivity contribution in [3.05, 3.63) is 77.4 Å². The first kappa shape index (κ1) is 24.8. The van der Waals surface area contributed by atoms with Gasteiger partial charge < -0.3 is 19.9 Å². The summed E-state index contributed by atoms with van der Waals surface area (Å²) in [6.45, 7) is 4.76. The molecule has 2 saturated heterocycles. The van der Waals surface area contributed by atoms with E-state index < -0.39 is 0 Å². The number of amides is 1. The lowest BCUT2D eigenvalue weighted by Crippen LogP contribution is -2.40. The van der Waals surface area contributed by atoms with Gasteiger partial charge in [0.2, 0.25) is 0 Å². The number of nitrogens with zero attached hydrogens (tertiary/aromatic N) is 6. The maximum Gasteiger partial charge on any atom is 0.254 e. The van der Waals surface area contributed by atoms with E-state index in [1.807, 2.05) is 40.6 Å². The van der Waals surface area contributed by atoms with Gasteiger partial charge in [-0.15, -0.1) is 0 Å². The quantitative estimate of drug-likeness (QED) is 0.346. The maximum atomic E-state index is 13.7. The SMILES string of the molecule is CCc1ccc2cc(-c3nc4cc(C(=O)N5[C@H]6CC[C@@H]5[C@H](N)C6)cc(OC)n4c3C)n(Cc3cccnc3)c2n1.